The van der Waals surface area contributed by atoms with Gasteiger partial charge in [0.2, 0.25) is 5.91 Å². The van der Waals surface area contributed by atoms with Crippen LogP contribution in [0.3, 0.4) is 0 Å². The number of aromatic nitrogens is 2. The lowest BCUT2D eigenvalue weighted by Crippen LogP contribution is -2.43. The highest BCUT2D eigenvalue weighted by Crippen LogP contribution is 2.20. The molecule has 0 saturated carbocycles. The molecule has 1 aromatic rings. The number of aryl methyl sites for hydroxylation is 2. The lowest BCUT2D eigenvalue weighted by atomic mass is 9.93. The minimum absolute atomic E-state index is 0.0242. The number of nitrogens with one attached hydrogen (secondary N) is 2. The van der Waals surface area contributed by atoms with Gasteiger partial charge in [0.1, 0.15) is 0 Å². The van der Waals surface area contributed by atoms with Crippen LogP contribution in [0.2, 0.25) is 0 Å². The third-order valence-corrected chi connectivity index (χ3v) is 3.98. The number of aliphatic hydroxyl groups excluding tert-OH is 1. The Balaban J connectivity index is 1.88. The molecule has 2 rings (SSSR count). The highest BCUT2D eigenvalue weighted by molar-refractivity contribution is 5.93. The van der Waals surface area contributed by atoms with Crippen molar-refractivity contribution < 1.29 is 9.90 Å². The first-order valence-corrected chi connectivity index (χ1v) is 7.19. The molecule has 1 aliphatic rings. The Bertz CT molecular complexity index is 450. The Morgan fingerprint density at radius 1 is 1.60 bits per heavy atom. The largest absolute Gasteiger partial charge is 0.393 e. The van der Waals surface area contributed by atoms with Gasteiger partial charge in [-0.25, -0.2) is 0 Å². The third-order valence-electron chi connectivity index (χ3n) is 3.98. The summed E-state index contributed by atoms with van der Waals surface area (Å²) < 4.78 is 0. The molecule has 0 spiro atoms. The fourth-order valence-electron chi connectivity index (χ4n) is 2.75. The predicted octanol–water partition coefficient (Wildman–Crippen LogP) is 1.06. The molecule has 112 valence electrons. The summed E-state index contributed by atoms with van der Waals surface area (Å²) in [6.07, 6.45) is 1.77. The summed E-state index contributed by atoms with van der Waals surface area (Å²) in [4.78, 5) is 14.2. The smallest absolute Gasteiger partial charge is 0.238 e. The van der Waals surface area contributed by atoms with Gasteiger partial charge >= 0.3 is 0 Å². The van der Waals surface area contributed by atoms with Crippen LogP contribution in [-0.4, -0.2) is 51.8 Å². The van der Waals surface area contributed by atoms with Crippen LogP contribution in [0.5, 0.6) is 0 Å². The Labute approximate surface area is 119 Å². The number of H-pyrrole nitrogens is 1. The van der Waals surface area contributed by atoms with Crippen LogP contribution >= 0.6 is 0 Å². The summed E-state index contributed by atoms with van der Waals surface area (Å²) in [5.41, 5.74) is 2.45. The van der Waals surface area contributed by atoms with Gasteiger partial charge < -0.3 is 10.4 Å². The zero-order valence-electron chi connectivity index (χ0n) is 12.4. The zero-order valence-corrected chi connectivity index (χ0v) is 12.4. The van der Waals surface area contributed by atoms with Gasteiger partial charge in [0.25, 0.3) is 0 Å². The lowest BCUT2D eigenvalue weighted by molar-refractivity contribution is -0.118. The Morgan fingerprint density at radius 3 is 2.95 bits per heavy atom. The van der Waals surface area contributed by atoms with Gasteiger partial charge in [0.15, 0.2) is 0 Å². The zero-order chi connectivity index (χ0) is 14.7. The first-order valence-electron chi connectivity index (χ1n) is 7.19. The molecule has 6 nitrogen and oxygen atoms in total. The molecule has 1 saturated heterocycles. The molecule has 2 unspecified atom stereocenters. The summed E-state index contributed by atoms with van der Waals surface area (Å²) in [6.45, 7) is 7.65. The van der Waals surface area contributed by atoms with Crippen molar-refractivity contribution in [2.45, 2.75) is 39.7 Å². The number of carbonyl (C=O) groups is 1. The first kappa shape index (κ1) is 15.0. The second-order valence-corrected chi connectivity index (χ2v) is 5.74. The van der Waals surface area contributed by atoms with Gasteiger partial charge in [0.05, 0.1) is 29.7 Å². The van der Waals surface area contributed by atoms with Crippen molar-refractivity contribution in [3.8, 4) is 0 Å². The summed E-state index contributed by atoms with van der Waals surface area (Å²) >= 11 is 0. The number of aromatic amines is 1. The predicted molar refractivity (Wildman–Crippen MR) is 77.5 cm³/mol. The lowest BCUT2D eigenvalue weighted by Gasteiger charge is -2.33. The van der Waals surface area contributed by atoms with Crippen LogP contribution in [0.15, 0.2) is 0 Å². The molecular formula is C14H24N4O2. The highest BCUT2D eigenvalue weighted by Gasteiger charge is 2.24. The molecule has 1 fully saturated rings. The maximum Gasteiger partial charge on any atom is 0.238 e. The summed E-state index contributed by atoms with van der Waals surface area (Å²) in [7, 11) is 0. The van der Waals surface area contributed by atoms with E-state index in [4.69, 9.17) is 0 Å². The monoisotopic (exact) mass is 280 g/mol. The minimum atomic E-state index is -0.306. The third kappa shape index (κ3) is 3.58. The van der Waals surface area contributed by atoms with Crippen LogP contribution in [0.25, 0.3) is 0 Å². The number of hydrogen-bond acceptors (Lipinski definition) is 4. The van der Waals surface area contributed by atoms with Gasteiger partial charge in [0, 0.05) is 6.54 Å². The Hall–Kier alpha value is -1.40. The summed E-state index contributed by atoms with van der Waals surface area (Å²) in [6, 6.07) is 0. The molecular weight excluding hydrogens is 256 g/mol. The number of piperidine rings is 1. The summed E-state index contributed by atoms with van der Waals surface area (Å²) in [5.74, 6) is 0.248. The summed E-state index contributed by atoms with van der Waals surface area (Å²) in [5, 5.41) is 19.5. The van der Waals surface area contributed by atoms with Gasteiger partial charge in [-0.1, -0.05) is 0 Å². The molecule has 1 aromatic heterocycles. The quantitative estimate of drug-likeness (QED) is 0.770. The number of likely N-dealkylation sites (tertiary alicyclic amines) is 1. The molecule has 6 heteroatoms. The van der Waals surface area contributed by atoms with Crippen LogP contribution < -0.4 is 5.32 Å². The number of anilines is 1. The number of hydrogen-bond donors (Lipinski definition) is 3. The van der Waals surface area contributed by atoms with E-state index >= 15 is 0 Å². The molecule has 1 aliphatic heterocycles. The van der Waals surface area contributed by atoms with E-state index < -0.39 is 0 Å². The molecule has 0 bridgehead atoms. The first-order chi connectivity index (χ1) is 9.47. The van der Waals surface area contributed by atoms with E-state index in [2.05, 4.69) is 20.4 Å². The van der Waals surface area contributed by atoms with Gasteiger partial charge in [-0.15, -0.1) is 0 Å². The Kier molecular flexibility index (Phi) is 4.77. The topological polar surface area (TPSA) is 81.2 Å². The standard InChI is InChI=1S/C14H24N4O2/c1-9-14(10(2)17-16-9)15-13(20)8-18-6-4-5-12(7-18)11(3)19/h11-12,19H,4-8H2,1-3H3,(H,15,20)(H,16,17). The second kappa shape index (κ2) is 6.37. The van der Waals surface area contributed by atoms with E-state index in [9.17, 15) is 9.90 Å². The molecule has 0 aliphatic carbocycles. The Morgan fingerprint density at radius 2 is 2.35 bits per heavy atom. The van der Waals surface area contributed by atoms with E-state index in [0.29, 0.717) is 6.54 Å². The maximum absolute atomic E-state index is 12.1. The van der Waals surface area contributed by atoms with Crippen molar-refractivity contribution in [1.29, 1.82) is 0 Å². The number of amides is 1. The van der Waals surface area contributed by atoms with Crippen LogP contribution in [-0.2, 0) is 4.79 Å². The van der Waals surface area contributed by atoms with Crippen molar-refractivity contribution in [3.63, 3.8) is 0 Å². The van der Waals surface area contributed by atoms with Gasteiger partial charge in [-0.05, 0) is 46.1 Å². The number of rotatable bonds is 4. The van der Waals surface area contributed by atoms with Gasteiger partial charge in [-0.2, -0.15) is 5.10 Å². The number of nitrogens with zero attached hydrogens (tertiary/aromatic N) is 2. The molecule has 2 atom stereocenters. The van der Waals surface area contributed by atoms with Crippen molar-refractivity contribution in [1.82, 2.24) is 15.1 Å². The second-order valence-electron chi connectivity index (χ2n) is 5.74. The van der Waals surface area contributed by atoms with E-state index in [1.165, 1.54) is 0 Å². The van der Waals surface area contributed by atoms with E-state index in [1.807, 2.05) is 20.8 Å². The SMILES string of the molecule is Cc1n[nH]c(C)c1NC(=O)CN1CCCC(C(C)O)C1. The van der Waals surface area contributed by atoms with Crippen molar-refractivity contribution in [3.05, 3.63) is 11.4 Å². The molecule has 2 heterocycles. The highest BCUT2D eigenvalue weighted by atomic mass is 16.3. The molecule has 20 heavy (non-hydrogen) atoms. The molecule has 0 radical (unpaired) electrons. The van der Waals surface area contributed by atoms with Crippen molar-refractivity contribution in [2.75, 3.05) is 25.0 Å². The van der Waals surface area contributed by atoms with Crippen molar-refractivity contribution >= 4 is 11.6 Å². The average molecular weight is 280 g/mol. The van der Waals surface area contributed by atoms with Crippen LogP contribution in [0, 0.1) is 19.8 Å². The van der Waals surface area contributed by atoms with Gasteiger partial charge in [-0.3, -0.25) is 14.8 Å². The maximum atomic E-state index is 12.1. The van der Waals surface area contributed by atoms with Crippen molar-refractivity contribution in [2.24, 2.45) is 5.92 Å². The average Bonchev–Trinajstić information content (AvgIpc) is 2.71. The van der Waals surface area contributed by atoms with E-state index in [1.54, 1.807) is 0 Å². The molecule has 1 amide bonds. The number of aliphatic hydroxyl groups is 1. The minimum Gasteiger partial charge on any atom is -0.393 e. The fourth-order valence-corrected chi connectivity index (χ4v) is 2.75. The van der Waals surface area contributed by atoms with E-state index in [-0.39, 0.29) is 17.9 Å². The van der Waals surface area contributed by atoms with Crippen LogP contribution in [0.4, 0.5) is 5.69 Å². The van der Waals surface area contributed by atoms with Crippen LogP contribution in [0.1, 0.15) is 31.2 Å². The van der Waals surface area contributed by atoms with E-state index in [0.717, 1.165) is 43.0 Å². The molecule has 3 N–H and O–H groups in total. The normalized spacial score (nSPS) is 21.7. The number of carbonyl (C=O) groups excluding carboxylic acids is 1. The fraction of sp³-hybridized carbons (Fsp3) is 0.714. The molecule has 0 aromatic carbocycles.